The lowest BCUT2D eigenvalue weighted by Crippen LogP contribution is -2.54. The van der Waals surface area contributed by atoms with Gasteiger partial charge in [0.15, 0.2) is 0 Å². The van der Waals surface area contributed by atoms with Gasteiger partial charge in [-0.15, -0.1) is 0 Å². The average molecular weight is 441 g/mol. The highest BCUT2D eigenvalue weighted by Gasteiger charge is 2.36. The summed E-state index contributed by atoms with van der Waals surface area (Å²) in [6, 6.07) is 11.3. The smallest absolute Gasteiger partial charge is 0.335 e. The van der Waals surface area contributed by atoms with Crippen molar-refractivity contribution < 1.29 is 19.1 Å². The van der Waals surface area contributed by atoms with Crippen molar-refractivity contribution in [3.63, 3.8) is 0 Å². The number of anilines is 1. The van der Waals surface area contributed by atoms with Gasteiger partial charge in [0.25, 0.3) is 11.8 Å². The number of rotatable bonds is 5. The van der Waals surface area contributed by atoms with E-state index < -0.39 is 17.8 Å². The van der Waals surface area contributed by atoms with Gasteiger partial charge >= 0.3 is 6.03 Å². The number of nitrogens with one attached hydrogen (secondary N) is 1. The molecule has 0 saturated carbocycles. The molecule has 2 aromatic carbocycles. The number of aryl methyl sites for hydroxylation is 1. The Hall–Kier alpha value is -3.19. The Morgan fingerprint density at radius 3 is 2.64 bits per heavy atom. The highest BCUT2D eigenvalue weighted by molar-refractivity contribution is 9.10. The Labute approximate surface area is 170 Å². The number of barbiturate groups is 1. The van der Waals surface area contributed by atoms with Crippen molar-refractivity contribution in [1.82, 2.24) is 5.32 Å². The predicted octanol–water partition coefficient (Wildman–Crippen LogP) is 3.99. The SMILES string of the molecule is C=CCOc1ccc(C=C2C(=O)NC(=O)N(c3cccc(C)c3)C2=O)cc1Br. The summed E-state index contributed by atoms with van der Waals surface area (Å²) in [5, 5.41) is 2.21. The summed E-state index contributed by atoms with van der Waals surface area (Å²) in [7, 11) is 0. The molecule has 1 heterocycles. The standard InChI is InChI=1S/C21H17BrN2O4/c1-3-9-28-18-8-7-14(12-17(18)22)11-16-19(25)23-21(27)24(20(16)26)15-6-4-5-13(2)10-15/h3-8,10-12H,1,9H2,2H3,(H,23,25,27). The minimum Gasteiger partial charge on any atom is -0.488 e. The molecule has 0 spiro atoms. The lowest BCUT2D eigenvalue weighted by atomic mass is 10.1. The molecule has 7 heteroatoms. The summed E-state index contributed by atoms with van der Waals surface area (Å²) in [5.74, 6) is -0.803. The van der Waals surface area contributed by atoms with Crippen LogP contribution in [0.5, 0.6) is 5.75 Å². The molecule has 1 N–H and O–H groups in total. The molecule has 28 heavy (non-hydrogen) atoms. The van der Waals surface area contributed by atoms with E-state index in [0.29, 0.717) is 28.1 Å². The summed E-state index contributed by atoms with van der Waals surface area (Å²) in [6.45, 7) is 5.80. The van der Waals surface area contributed by atoms with E-state index in [0.717, 1.165) is 10.5 Å². The van der Waals surface area contributed by atoms with Gasteiger partial charge in [0, 0.05) is 0 Å². The van der Waals surface area contributed by atoms with E-state index in [1.54, 1.807) is 42.5 Å². The molecule has 0 atom stereocenters. The zero-order valence-corrected chi connectivity index (χ0v) is 16.7. The molecule has 1 saturated heterocycles. The molecular weight excluding hydrogens is 424 g/mol. The Kier molecular flexibility index (Phi) is 5.75. The van der Waals surface area contributed by atoms with Crippen molar-refractivity contribution >= 4 is 45.5 Å². The van der Waals surface area contributed by atoms with Crippen LogP contribution >= 0.6 is 15.9 Å². The molecule has 3 rings (SSSR count). The van der Waals surface area contributed by atoms with E-state index in [-0.39, 0.29) is 5.57 Å². The normalized spacial score (nSPS) is 15.6. The molecule has 0 aliphatic carbocycles. The molecule has 0 unspecified atom stereocenters. The van der Waals surface area contributed by atoms with E-state index in [4.69, 9.17) is 4.74 Å². The van der Waals surface area contributed by atoms with E-state index in [9.17, 15) is 14.4 Å². The number of amides is 4. The van der Waals surface area contributed by atoms with Crippen molar-refractivity contribution in [2.75, 3.05) is 11.5 Å². The lowest BCUT2D eigenvalue weighted by Gasteiger charge is -2.26. The second kappa shape index (κ2) is 8.22. The van der Waals surface area contributed by atoms with E-state index >= 15 is 0 Å². The second-order valence-corrected chi connectivity index (χ2v) is 6.94. The maximum Gasteiger partial charge on any atom is 0.335 e. The molecule has 2 aromatic rings. The van der Waals surface area contributed by atoms with Crippen LogP contribution < -0.4 is 15.0 Å². The lowest BCUT2D eigenvalue weighted by molar-refractivity contribution is -0.122. The zero-order valence-electron chi connectivity index (χ0n) is 15.1. The molecule has 1 fully saturated rings. The third kappa shape index (κ3) is 4.04. The highest BCUT2D eigenvalue weighted by atomic mass is 79.9. The second-order valence-electron chi connectivity index (χ2n) is 6.09. The number of hydrogen-bond acceptors (Lipinski definition) is 4. The topological polar surface area (TPSA) is 75.7 Å². The third-order valence-corrected chi connectivity index (χ3v) is 4.60. The number of urea groups is 1. The first-order valence-corrected chi connectivity index (χ1v) is 9.21. The Balaban J connectivity index is 1.95. The fourth-order valence-electron chi connectivity index (χ4n) is 2.70. The van der Waals surface area contributed by atoms with Crippen LogP contribution in [0, 0.1) is 6.92 Å². The number of ether oxygens (including phenoxy) is 1. The van der Waals surface area contributed by atoms with Crippen LogP contribution in [0.1, 0.15) is 11.1 Å². The number of hydrogen-bond donors (Lipinski definition) is 1. The van der Waals surface area contributed by atoms with Gasteiger partial charge in [-0.25, -0.2) is 9.69 Å². The monoisotopic (exact) mass is 440 g/mol. The van der Waals surface area contributed by atoms with Gasteiger partial charge in [-0.1, -0.05) is 30.9 Å². The molecule has 1 aliphatic rings. The highest BCUT2D eigenvalue weighted by Crippen LogP contribution is 2.28. The summed E-state index contributed by atoms with van der Waals surface area (Å²) in [5.41, 5.74) is 1.76. The minimum absolute atomic E-state index is 0.132. The number of nitrogens with zero attached hydrogens (tertiary/aromatic N) is 1. The van der Waals surface area contributed by atoms with Crippen molar-refractivity contribution in [2.45, 2.75) is 6.92 Å². The fraction of sp³-hybridized carbons (Fsp3) is 0.0952. The summed E-state index contributed by atoms with van der Waals surface area (Å²) in [4.78, 5) is 38.3. The Morgan fingerprint density at radius 1 is 1.18 bits per heavy atom. The average Bonchev–Trinajstić information content (AvgIpc) is 2.64. The van der Waals surface area contributed by atoms with Gasteiger partial charge in [-0.2, -0.15) is 0 Å². The van der Waals surface area contributed by atoms with Crippen LogP contribution in [0.15, 0.2) is 65.2 Å². The van der Waals surface area contributed by atoms with Crippen molar-refractivity contribution in [2.24, 2.45) is 0 Å². The van der Waals surface area contributed by atoms with E-state index in [1.165, 1.54) is 6.08 Å². The molecule has 0 aromatic heterocycles. The minimum atomic E-state index is -0.771. The molecule has 1 aliphatic heterocycles. The summed E-state index contributed by atoms with van der Waals surface area (Å²) < 4.78 is 6.15. The number of halogens is 1. The largest absolute Gasteiger partial charge is 0.488 e. The molecule has 6 nitrogen and oxygen atoms in total. The maximum absolute atomic E-state index is 12.9. The van der Waals surface area contributed by atoms with Crippen molar-refractivity contribution in [1.29, 1.82) is 0 Å². The van der Waals surface area contributed by atoms with Crippen LogP contribution in [0.2, 0.25) is 0 Å². The molecule has 0 radical (unpaired) electrons. The first kappa shape index (κ1) is 19.6. The number of imide groups is 2. The summed E-state index contributed by atoms with van der Waals surface area (Å²) >= 11 is 3.40. The van der Waals surface area contributed by atoms with Crippen LogP contribution in [0.3, 0.4) is 0 Å². The Morgan fingerprint density at radius 2 is 1.96 bits per heavy atom. The van der Waals surface area contributed by atoms with Gasteiger partial charge in [0.1, 0.15) is 17.9 Å². The first-order chi connectivity index (χ1) is 13.4. The molecule has 0 bridgehead atoms. The van der Waals surface area contributed by atoms with Gasteiger partial charge in [0.2, 0.25) is 0 Å². The first-order valence-electron chi connectivity index (χ1n) is 8.42. The van der Waals surface area contributed by atoms with E-state index in [2.05, 4.69) is 27.8 Å². The van der Waals surface area contributed by atoms with Crippen molar-refractivity contribution in [3.05, 3.63) is 76.3 Å². The van der Waals surface area contributed by atoms with Crippen LogP contribution in [0.25, 0.3) is 6.08 Å². The van der Waals surface area contributed by atoms with Crippen LogP contribution in [0.4, 0.5) is 10.5 Å². The van der Waals surface area contributed by atoms with Crippen molar-refractivity contribution in [3.8, 4) is 5.75 Å². The van der Waals surface area contributed by atoms with Gasteiger partial charge in [-0.3, -0.25) is 14.9 Å². The van der Waals surface area contributed by atoms with Gasteiger partial charge in [-0.05, 0) is 64.3 Å². The number of benzene rings is 2. The van der Waals surface area contributed by atoms with Gasteiger partial charge < -0.3 is 4.74 Å². The number of carbonyl (C=O) groups is 3. The zero-order chi connectivity index (χ0) is 20.3. The van der Waals surface area contributed by atoms with Crippen LogP contribution in [-0.4, -0.2) is 24.5 Å². The van der Waals surface area contributed by atoms with Crippen LogP contribution in [-0.2, 0) is 9.59 Å². The molecule has 142 valence electrons. The summed E-state index contributed by atoms with van der Waals surface area (Å²) in [6.07, 6.45) is 3.07. The van der Waals surface area contributed by atoms with Gasteiger partial charge in [0.05, 0.1) is 10.2 Å². The predicted molar refractivity (Wildman–Crippen MR) is 110 cm³/mol. The Bertz CT molecular complexity index is 1010. The molecular formula is C21H17BrN2O4. The molecule has 4 amide bonds. The number of carbonyl (C=O) groups excluding carboxylic acids is 3. The maximum atomic E-state index is 12.9. The third-order valence-electron chi connectivity index (χ3n) is 3.99. The quantitative estimate of drug-likeness (QED) is 0.433. The fourth-order valence-corrected chi connectivity index (χ4v) is 3.21. The van der Waals surface area contributed by atoms with E-state index in [1.807, 2.05) is 13.0 Å².